The fourth-order valence-electron chi connectivity index (χ4n) is 0.930. The molecule has 0 radical (unpaired) electrons. The van der Waals surface area contributed by atoms with Crippen LogP contribution in [0.15, 0.2) is 0 Å². The molecule has 0 amide bonds. The van der Waals surface area contributed by atoms with E-state index < -0.39 is 32.0 Å². The third-order valence-electron chi connectivity index (χ3n) is 1.97. The van der Waals surface area contributed by atoms with E-state index in [0.717, 1.165) is 0 Å². The topological polar surface area (TPSA) is 44.8 Å². The summed E-state index contributed by atoms with van der Waals surface area (Å²) < 4.78 is 29.6. The summed E-state index contributed by atoms with van der Waals surface area (Å²) in [5.74, 6) is 0. The zero-order valence-corrected chi connectivity index (χ0v) is 18.6. The van der Waals surface area contributed by atoms with Crippen LogP contribution in [0, 0.1) is 0 Å². The van der Waals surface area contributed by atoms with Crippen molar-refractivity contribution in [3.8, 4) is 0 Å². The van der Waals surface area contributed by atoms with Crippen LogP contribution in [0.4, 0.5) is 0 Å². The largest absolute Gasteiger partial charge is 0.473 e. The lowest BCUT2D eigenvalue weighted by molar-refractivity contribution is 0.152. The van der Waals surface area contributed by atoms with Gasteiger partial charge in [-0.25, -0.2) is 4.57 Å². The molecule has 0 saturated heterocycles. The molecule has 8 heteroatoms. The van der Waals surface area contributed by atoms with Crippen molar-refractivity contribution in [1.82, 2.24) is 0 Å². The Kier molecular flexibility index (Phi) is 7.63. The van der Waals surface area contributed by atoms with Crippen molar-refractivity contribution in [2.24, 2.45) is 0 Å². The van der Waals surface area contributed by atoms with Gasteiger partial charge in [-0.15, -0.1) is 0 Å². The first kappa shape index (κ1) is 20.8. The minimum Gasteiger partial charge on any atom is -0.290 e. The number of hydrogen-bond acceptors (Lipinski definition) is 4. The van der Waals surface area contributed by atoms with Gasteiger partial charge in [-0.05, 0) is 0 Å². The number of rotatable bonds is 9. The molecule has 0 aliphatic rings. The van der Waals surface area contributed by atoms with Gasteiger partial charge in [-0.3, -0.25) is 13.6 Å². The monoisotopic (exact) mass is 356 g/mol. The molecule has 0 spiro atoms. The van der Waals surface area contributed by atoms with E-state index in [1.807, 2.05) is 0 Å². The van der Waals surface area contributed by atoms with Crippen LogP contribution in [0.3, 0.4) is 0 Å². The number of hydrogen-bond donors (Lipinski definition) is 0. The highest BCUT2D eigenvalue weighted by Crippen LogP contribution is 2.50. The van der Waals surface area contributed by atoms with Crippen molar-refractivity contribution in [2.75, 3.05) is 18.7 Å². The maximum Gasteiger partial charge on any atom is 0.473 e. The molecule has 0 bridgehead atoms. The molecule has 0 unspecified atom stereocenters. The number of phosphoric acid groups is 1. The van der Waals surface area contributed by atoms with Crippen LogP contribution >= 0.6 is 7.82 Å². The summed E-state index contributed by atoms with van der Waals surface area (Å²) in [7, 11) is -7.75. The van der Waals surface area contributed by atoms with E-state index in [0.29, 0.717) is 18.7 Å². The Labute approximate surface area is 128 Å². The molecule has 0 fully saturated rings. The van der Waals surface area contributed by atoms with Gasteiger partial charge in [0.15, 0.2) is 0 Å². The predicted molar refractivity (Wildman–Crippen MR) is 95.5 cm³/mol. The molecule has 0 aliphatic carbocycles. The Balaban J connectivity index is 4.71. The summed E-state index contributed by atoms with van der Waals surface area (Å²) in [5.41, 5.74) is 0. The van der Waals surface area contributed by atoms with E-state index in [-0.39, 0.29) is 0 Å². The maximum absolute atomic E-state index is 12.8. The van der Waals surface area contributed by atoms with Crippen LogP contribution in [0.5, 0.6) is 0 Å². The van der Waals surface area contributed by atoms with Gasteiger partial charge in [0.1, 0.15) is 0 Å². The second-order valence-electron chi connectivity index (χ2n) is 8.95. The van der Waals surface area contributed by atoms with E-state index in [1.165, 1.54) is 0 Å². The molecule has 0 aromatic heterocycles. The smallest absolute Gasteiger partial charge is 0.290 e. The summed E-state index contributed by atoms with van der Waals surface area (Å²) >= 11 is 0. The summed E-state index contributed by atoms with van der Waals surface area (Å²) in [6.45, 7) is 19.6. The standard InChI is InChI=1S/C12H33O4PSi3/c1-18(2,3)10-14-17(13,15-11-19(4,5)6)16-12-20(7,8)9/h10-12H2,1-9H3. The summed E-state index contributed by atoms with van der Waals surface area (Å²) in [6, 6.07) is 0. The van der Waals surface area contributed by atoms with Crippen molar-refractivity contribution >= 4 is 32.0 Å². The highest BCUT2D eigenvalue weighted by molar-refractivity contribution is 7.48. The van der Waals surface area contributed by atoms with Crippen molar-refractivity contribution in [3.05, 3.63) is 0 Å². The van der Waals surface area contributed by atoms with Crippen molar-refractivity contribution < 1.29 is 18.1 Å². The van der Waals surface area contributed by atoms with Crippen LogP contribution in [0.2, 0.25) is 58.9 Å². The number of phosphoric ester groups is 1. The first-order chi connectivity index (χ1) is 8.62. The lowest BCUT2D eigenvalue weighted by Crippen LogP contribution is -2.32. The fourth-order valence-corrected chi connectivity index (χ4v) is 7.70. The van der Waals surface area contributed by atoms with E-state index in [9.17, 15) is 4.57 Å². The molecule has 122 valence electrons. The third kappa shape index (κ3) is 12.5. The zero-order valence-electron chi connectivity index (χ0n) is 14.7. The van der Waals surface area contributed by atoms with Gasteiger partial charge in [-0.2, -0.15) is 0 Å². The van der Waals surface area contributed by atoms with Crippen LogP contribution in [0.1, 0.15) is 0 Å². The first-order valence-corrected chi connectivity index (χ1v) is 19.7. The van der Waals surface area contributed by atoms with Gasteiger partial charge in [0.25, 0.3) is 0 Å². The molecule has 0 aromatic rings. The van der Waals surface area contributed by atoms with Gasteiger partial charge in [0.05, 0.1) is 24.2 Å². The normalized spacial score (nSPS) is 14.7. The SMILES string of the molecule is C[Si](C)(C)COP(=O)(OC[Si](C)(C)C)OC[Si](C)(C)C. The van der Waals surface area contributed by atoms with Gasteiger partial charge >= 0.3 is 7.82 Å². The van der Waals surface area contributed by atoms with E-state index in [1.54, 1.807) is 0 Å². The molecule has 0 aromatic carbocycles. The quantitative estimate of drug-likeness (QED) is 0.441. The Morgan fingerprint density at radius 1 is 0.600 bits per heavy atom. The molecular formula is C12H33O4PSi3. The molecule has 0 saturated carbocycles. The van der Waals surface area contributed by atoms with Crippen molar-refractivity contribution in [2.45, 2.75) is 58.9 Å². The van der Waals surface area contributed by atoms with E-state index >= 15 is 0 Å². The van der Waals surface area contributed by atoms with Crippen LogP contribution < -0.4 is 0 Å². The third-order valence-corrected chi connectivity index (χ3v) is 7.06. The van der Waals surface area contributed by atoms with E-state index in [2.05, 4.69) is 58.9 Å². The van der Waals surface area contributed by atoms with Gasteiger partial charge in [0, 0.05) is 18.7 Å². The van der Waals surface area contributed by atoms with Gasteiger partial charge in [-0.1, -0.05) is 58.9 Å². The van der Waals surface area contributed by atoms with Crippen LogP contribution in [-0.2, 0) is 18.1 Å². The Bertz CT molecular complexity index is 290. The average Bonchev–Trinajstić information content (AvgIpc) is 2.18. The molecule has 0 heterocycles. The molecule has 0 aliphatic heterocycles. The Morgan fingerprint density at radius 3 is 0.950 bits per heavy atom. The summed E-state index contributed by atoms with van der Waals surface area (Å²) in [6.07, 6.45) is 1.50. The minimum absolute atomic E-state index is 0.502. The lowest BCUT2D eigenvalue weighted by Gasteiger charge is -2.27. The van der Waals surface area contributed by atoms with Crippen LogP contribution in [-0.4, -0.2) is 42.9 Å². The van der Waals surface area contributed by atoms with Gasteiger partial charge in [0.2, 0.25) is 0 Å². The maximum atomic E-state index is 12.8. The fraction of sp³-hybridized carbons (Fsp3) is 1.00. The van der Waals surface area contributed by atoms with Crippen LogP contribution in [0.25, 0.3) is 0 Å². The Hall–Kier alpha value is 0.761. The summed E-state index contributed by atoms with van der Waals surface area (Å²) in [4.78, 5) is 0. The predicted octanol–water partition coefficient (Wildman–Crippen LogP) is 4.78. The summed E-state index contributed by atoms with van der Waals surface area (Å²) in [5, 5.41) is 0. The van der Waals surface area contributed by atoms with Crippen molar-refractivity contribution in [1.29, 1.82) is 0 Å². The molecular weight excluding hydrogens is 323 g/mol. The minimum atomic E-state index is -3.40. The Morgan fingerprint density at radius 2 is 0.800 bits per heavy atom. The highest BCUT2D eigenvalue weighted by Gasteiger charge is 2.33. The second-order valence-corrected chi connectivity index (χ2v) is 26.8. The zero-order chi connectivity index (χ0) is 16.2. The molecule has 0 rings (SSSR count). The molecule has 0 atom stereocenters. The molecule has 20 heavy (non-hydrogen) atoms. The lowest BCUT2D eigenvalue weighted by atomic mass is 11.7. The highest BCUT2D eigenvalue weighted by atomic mass is 31.2. The van der Waals surface area contributed by atoms with Crippen molar-refractivity contribution in [3.63, 3.8) is 0 Å². The van der Waals surface area contributed by atoms with E-state index in [4.69, 9.17) is 13.6 Å². The van der Waals surface area contributed by atoms with Gasteiger partial charge < -0.3 is 0 Å². The molecule has 0 N–H and O–H groups in total. The second kappa shape index (κ2) is 7.35. The average molecular weight is 357 g/mol. The first-order valence-electron chi connectivity index (χ1n) is 7.16. The molecule has 4 nitrogen and oxygen atoms in total.